The van der Waals surface area contributed by atoms with Crippen molar-refractivity contribution in [3.63, 3.8) is 0 Å². The number of fused-ring (bicyclic) bond motifs is 1. The zero-order chi connectivity index (χ0) is 18.7. The van der Waals surface area contributed by atoms with Crippen LogP contribution in [0.1, 0.15) is 25.0 Å². The smallest absolute Gasteiger partial charge is 0.240 e. The predicted octanol–water partition coefficient (Wildman–Crippen LogP) is 3.52. The van der Waals surface area contributed by atoms with Gasteiger partial charge >= 0.3 is 0 Å². The van der Waals surface area contributed by atoms with Crippen LogP contribution < -0.4 is 4.72 Å². The maximum atomic E-state index is 12.4. The first-order valence-corrected chi connectivity index (χ1v) is 10.3. The molecule has 0 saturated heterocycles. The van der Waals surface area contributed by atoms with Gasteiger partial charge in [-0.15, -0.1) is 0 Å². The molecule has 0 aliphatic heterocycles. The molecular formula is C20H25N3O2S. The summed E-state index contributed by atoms with van der Waals surface area (Å²) in [6.45, 7) is 7.52. The van der Waals surface area contributed by atoms with Gasteiger partial charge in [-0.1, -0.05) is 31.5 Å². The van der Waals surface area contributed by atoms with Crippen molar-refractivity contribution in [2.24, 2.45) is 5.92 Å². The summed E-state index contributed by atoms with van der Waals surface area (Å²) in [7, 11) is -3.49. The molecule has 2 heterocycles. The summed E-state index contributed by atoms with van der Waals surface area (Å²) >= 11 is 0. The van der Waals surface area contributed by atoms with Crippen molar-refractivity contribution in [2.45, 2.75) is 38.6 Å². The van der Waals surface area contributed by atoms with Crippen molar-refractivity contribution in [3.8, 4) is 0 Å². The number of pyridine rings is 1. The Balaban J connectivity index is 1.74. The maximum Gasteiger partial charge on any atom is 0.240 e. The van der Waals surface area contributed by atoms with E-state index >= 15 is 0 Å². The second-order valence-corrected chi connectivity index (χ2v) is 8.80. The number of aryl methyl sites for hydroxylation is 1. The molecule has 3 aromatic rings. The lowest BCUT2D eigenvalue weighted by molar-refractivity contribution is 0.532. The Morgan fingerprint density at radius 1 is 1.15 bits per heavy atom. The molecule has 0 aliphatic carbocycles. The van der Waals surface area contributed by atoms with Gasteiger partial charge in [0.25, 0.3) is 0 Å². The number of benzene rings is 1. The van der Waals surface area contributed by atoms with Crippen molar-refractivity contribution in [3.05, 3.63) is 59.9 Å². The molecule has 0 saturated carbocycles. The van der Waals surface area contributed by atoms with Crippen molar-refractivity contribution < 1.29 is 8.42 Å². The Labute approximate surface area is 155 Å². The van der Waals surface area contributed by atoms with Gasteiger partial charge in [-0.25, -0.2) is 18.1 Å². The molecule has 1 aromatic carbocycles. The lowest BCUT2D eigenvalue weighted by atomic mass is 10.2. The topological polar surface area (TPSA) is 64.0 Å². The molecule has 0 fully saturated rings. The number of sulfonamides is 1. The minimum atomic E-state index is -3.49. The van der Waals surface area contributed by atoms with E-state index in [1.54, 1.807) is 30.5 Å². The zero-order valence-electron chi connectivity index (χ0n) is 15.4. The molecule has 0 bridgehead atoms. The first-order chi connectivity index (χ1) is 12.4. The van der Waals surface area contributed by atoms with Crippen LogP contribution in [0.25, 0.3) is 11.0 Å². The number of hydrogen-bond donors (Lipinski definition) is 1. The molecule has 5 nitrogen and oxygen atoms in total. The average Bonchev–Trinajstić information content (AvgIpc) is 2.93. The predicted molar refractivity (Wildman–Crippen MR) is 105 cm³/mol. The molecule has 2 aromatic heterocycles. The number of rotatable bonds is 7. The summed E-state index contributed by atoms with van der Waals surface area (Å²) in [5.41, 5.74) is 3.10. The molecule has 0 unspecified atom stereocenters. The lowest BCUT2D eigenvalue weighted by Gasteiger charge is -2.07. The third-order valence-corrected chi connectivity index (χ3v) is 5.77. The summed E-state index contributed by atoms with van der Waals surface area (Å²) < 4.78 is 29.7. The van der Waals surface area contributed by atoms with Crippen LogP contribution in [-0.2, 0) is 23.0 Å². The molecule has 0 atom stereocenters. The number of nitrogens with zero attached hydrogens (tertiary/aromatic N) is 2. The summed E-state index contributed by atoms with van der Waals surface area (Å²) in [6.07, 6.45) is 4.51. The van der Waals surface area contributed by atoms with Gasteiger partial charge in [-0.3, -0.25) is 0 Å². The van der Waals surface area contributed by atoms with Crippen molar-refractivity contribution in [1.82, 2.24) is 14.3 Å². The minimum absolute atomic E-state index is 0.298. The summed E-state index contributed by atoms with van der Waals surface area (Å²) in [5.74, 6) is 0.514. The van der Waals surface area contributed by atoms with Gasteiger partial charge in [0.05, 0.1) is 4.90 Å². The third kappa shape index (κ3) is 4.14. The highest BCUT2D eigenvalue weighted by molar-refractivity contribution is 7.89. The molecule has 0 aliphatic rings. The summed E-state index contributed by atoms with van der Waals surface area (Å²) in [4.78, 5) is 4.79. The summed E-state index contributed by atoms with van der Waals surface area (Å²) in [6, 6.07) is 10.8. The van der Waals surface area contributed by atoms with Crippen LogP contribution in [0.2, 0.25) is 0 Å². The molecular weight excluding hydrogens is 346 g/mol. The average molecular weight is 372 g/mol. The Hall–Kier alpha value is -2.18. The van der Waals surface area contributed by atoms with Crippen LogP contribution in [-0.4, -0.2) is 24.5 Å². The number of nitrogens with one attached hydrogen (secondary N) is 1. The fourth-order valence-electron chi connectivity index (χ4n) is 3.05. The molecule has 6 heteroatoms. The molecule has 0 radical (unpaired) electrons. The van der Waals surface area contributed by atoms with E-state index < -0.39 is 10.0 Å². The largest absolute Gasteiger partial charge is 0.332 e. The van der Waals surface area contributed by atoms with Crippen LogP contribution in [0.5, 0.6) is 0 Å². The van der Waals surface area contributed by atoms with E-state index in [9.17, 15) is 8.42 Å². The van der Waals surface area contributed by atoms with Gasteiger partial charge < -0.3 is 4.57 Å². The number of hydrogen-bond acceptors (Lipinski definition) is 3. The van der Waals surface area contributed by atoms with Crippen LogP contribution in [0.3, 0.4) is 0 Å². The first-order valence-electron chi connectivity index (χ1n) is 8.86. The lowest BCUT2D eigenvalue weighted by Crippen LogP contribution is -2.25. The Bertz CT molecular complexity index is 990. The SMILES string of the molecule is Cc1ccc(S(=O)(=O)NCCc2cn(CC(C)C)c3ncccc23)cc1. The highest BCUT2D eigenvalue weighted by Gasteiger charge is 2.15. The molecule has 0 amide bonds. The van der Waals surface area contributed by atoms with Crippen LogP contribution >= 0.6 is 0 Å². The molecule has 26 heavy (non-hydrogen) atoms. The second kappa shape index (κ2) is 7.60. The standard InChI is InChI=1S/C20H25N3O2S/c1-15(2)13-23-14-17(19-5-4-11-21-20(19)23)10-12-22-26(24,25)18-8-6-16(3)7-9-18/h4-9,11,14-15,22H,10,12-13H2,1-3H3. The van der Waals surface area contributed by atoms with Gasteiger partial charge in [-0.2, -0.15) is 0 Å². The van der Waals surface area contributed by atoms with Crippen molar-refractivity contribution >= 4 is 21.1 Å². The monoisotopic (exact) mass is 371 g/mol. The third-order valence-electron chi connectivity index (χ3n) is 4.30. The van der Waals surface area contributed by atoms with E-state index in [-0.39, 0.29) is 0 Å². The Morgan fingerprint density at radius 3 is 2.58 bits per heavy atom. The highest BCUT2D eigenvalue weighted by atomic mass is 32.2. The van der Waals surface area contributed by atoms with Crippen molar-refractivity contribution in [2.75, 3.05) is 6.54 Å². The molecule has 0 spiro atoms. The van der Waals surface area contributed by atoms with Crippen LogP contribution in [0, 0.1) is 12.8 Å². The maximum absolute atomic E-state index is 12.4. The van der Waals surface area contributed by atoms with Gasteiger partial charge in [-0.05, 0) is 49.1 Å². The fourth-order valence-corrected chi connectivity index (χ4v) is 4.08. The van der Waals surface area contributed by atoms with E-state index in [4.69, 9.17) is 0 Å². The van der Waals surface area contributed by atoms with Crippen molar-refractivity contribution in [1.29, 1.82) is 0 Å². The van der Waals surface area contributed by atoms with Gasteiger partial charge in [0.1, 0.15) is 5.65 Å². The minimum Gasteiger partial charge on any atom is -0.332 e. The number of aromatic nitrogens is 2. The normalized spacial score (nSPS) is 12.2. The molecule has 3 rings (SSSR count). The fraction of sp³-hybridized carbons (Fsp3) is 0.350. The van der Waals surface area contributed by atoms with Gasteiger partial charge in [0.2, 0.25) is 10.0 Å². The first kappa shape index (κ1) is 18.6. The summed E-state index contributed by atoms with van der Waals surface area (Å²) in [5, 5.41) is 1.09. The Kier molecular flexibility index (Phi) is 5.44. The van der Waals surface area contributed by atoms with Crippen LogP contribution in [0.15, 0.2) is 53.7 Å². The second-order valence-electron chi connectivity index (χ2n) is 7.04. The highest BCUT2D eigenvalue weighted by Crippen LogP contribution is 2.21. The molecule has 1 N–H and O–H groups in total. The van der Waals surface area contributed by atoms with E-state index in [0.29, 0.717) is 23.8 Å². The van der Waals surface area contributed by atoms with E-state index in [1.807, 2.05) is 19.1 Å². The van der Waals surface area contributed by atoms with E-state index in [2.05, 4.69) is 34.3 Å². The quantitative estimate of drug-likeness (QED) is 0.691. The van der Waals surface area contributed by atoms with Gasteiger partial charge in [0, 0.05) is 30.9 Å². The zero-order valence-corrected chi connectivity index (χ0v) is 16.3. The molecule has 138 valence electrons. The van der Waals surface area contributed by atoms with Crippen LogP contribution in [0.4, 0.5) is 0 Å². The van der Waals surface area contributed by atoms with E-state index in [0.717, 1.165) is 28.7 Å². The van der Waals surface area contributed by atoms with E-state index in [1.165, 1.54) is 0 Å². The Morgan fingerprint density at radius 2 is 1.88 bits per heavy atom. The van der Waals surface area contributed by atoms with Gasteiger partial charge in [0.15, 0.2) is 0 Å².